The smallest absolute Gasteiger partial charge is 0.214 e. The summed E-state index contributed by atoms with van der Waals surface area (Å²) in [5.74, 6) is 0.283. The van der Waals surface area contributed by atoms with E-state index in [0.29, 0.717) is 5.69 Å². The van der Waals surface area contributed by atoms with Crippen LogP contribution in [0.1, 0.15) is 5.69 Å². The van der Waals surface area contributed by atoms with Crippen LogP contribution in [0.3, 0.4) is 0 Å². The Morgan fingerprint density at radius 3 is 2.29 bits per heavy atom. The average molecular weight is 190 g/mol. The first-order chi connectivity index (χ1) is 6.66. The Morgan fingerprint density at radius 1 is 1.14 bits per heavy atom. The summed E-state index contributed by atoms with van der Waals surface area (Å²) >= 11 is 0. The summed E-state index contributed by atoms with van der Waals surface area (Å²) in [5, 5.41) is 22.7. The molecular weight excluding hydrogens is 180 g/mol. The molecule has 2 N–H and O–H groups in total. The maximum absolute atomic E-state index is 9.49. The molecule has 0 fully saturated rings. The minimum Gasteiger partial charge on any atom is -0.508 e. The molecule has 2 rings (SSSR count). The molecule has 0 atom stereocenters. The van der Waals surface area contributed by atoms with Crippen LogP contribution in [0.4, 0.5) is 0 Å². The molecule has 1 aromatic heterocycles. The van der Waals surface area contributed by atoms with Crippen LogP contribution in [0.5, 0.6) is 11.6 Å². The van der Waals surface area contributed by atoms with E-state index in [0.717, 1.165) is 5.69 Å². The number of hydrogen-bond donors (Lipinski definition) is 2. The van der Waals surface area contributed by atoms with E-state index in [1.54, 1.807) is 37.3 Å². The number of hydrogen-bond acceptors (Lipinski definition) is 3. The van der Waals surface area contributed by atoms with Gasteiger partial charge in [0, 0.05) is 6.07 Å². The molecule has 0 saturated heterocycles. The van der Waals surface area contributed by atoms with Crippen molar-refractivity contribution in [2.45, 2.75) is 6.92 Å². The monoisotopic (exact) mass is 190 g/mol. The predicted octanol–water partition coefficient (Wildman–Crippen LogP) is 1.59. The first-order valence-electron chi connectivity index (χ1n) is 4.22. The largest absolute Gasteiger partial charge is 0.508 e. The zero-order valence-corrected chi connectivity index (χ0v) is 7.68. The number of aryl methyl sites for hydroxylation is 1. The number of rotatable bonds is 1. The van der Waals surface area contributed by atoms with Crippen molar-refractivity contribution in [1.29, 1.82) is 0 Å². The van der Waals surface area contributed by atoms with Gasteiger partial charge in [-0.3, -0.25) is 0 Å². The summed E-state index contributed by atoms with van der Waals surface area (Å²) in [6.45, 7) is 1.80. The van der Waals surface area contributed by atoms with Gasteiger partial charge >= 0.3 is 0 Å². The average Bonchev–Trinajstić information content (AvgIpc) is 2.47. The summed E-state index contributed by atoms with van der Waals surface area (Å²) < 4.78 is 1.41. The van der Waals surface area contributed by atoms with Gasteiger partial charge in [-0.2, -0.15) is 5.10 Å². The second kappa shape index (κ2) is 3.06. The zero-order valence-electron chi connectivity index (χ0n) is 7.68. The molecule has 4 heteroatoms. The van der Waals surface area contributed by atoms with Gasteiger partial charge in [0.2, 0.25) is 5.88 Å². The van der Waals surface area contributed by atoms with Crippen LogP contribution in [0.15, 0.2) is 30.3 Å². The van der Waals surface area contributed by atoms with Crippen molar-refractivity contribution in [3.05, 3.63) is 36.0 Å². The molecule has 0 saturated carbocycles. The molecule has 0 radical (unpaired) electrons. The van der Waals surface area contributed by atoms with Crippen molar-refractivity contribution in [3.8, 4) is 17.3 Å². The van der Waals surface area contributed by atoms with Gasteiger partial charge in [-0.05, 0) is 31.2 Å². The van der Waals surface area contributed by atoms with Crippen LogP contribution < -0.4 is 0 Å². The summed E-state index contributed by atoms with van der Waals surface area (Å²) in [5.41, 5.74) is 1.46. The number of aromatic nitrogens is 2. The van der Waals surface area contributed by atoms with Crippen molar-refractivity contribution < 1.29 is 10.2 Å². The SMILES string of the molecule is Cc1cc(O)n(-c2ccc(O)cc2)n1. The Bertz CT molecular complexity index is 446. The fraction of sp³-hybridized carbons (Fsp3) is 0.100. The number of nitrogens with zero attached hydrogens (tertiary/aromatic N) is 2. The van der Waals surface area contributed by atoms with E-state index in [4.69, 9.17) is 5.11 Å². The van der Waals surface area contributed by atoms with Crippen molar-refractivity contribution in [2.75, 3.05) is 0 Å². The first-order valence-corrected chi connectivity index (χ1v) is 4.22. The number of phenolic OH excluding ortho intramolecular Hbond substituents is 1. The van der Waals surface area contributed by atoms with Gasteiger partial charge in [0.1, 0.15) is 5.75 Å². The lowest BCUT2D eigenvalue weighted by Gasteiger charge is -2.02. The predicted molar refractivity (Wildman–Crippen MR) is 51.6 cm³/mol. The molecule has 0 aliphatic rings. The number of benzene rings is 1. The lowest BCUT2D eigenvalue weighted by molar-refractivity contribution is 0.433. The van der Waals surface area contributed by atoms with Crippen molar-refractivity contribution in [3.63, 3.8) is 0 Å². The van der Waals surface area contributed by atoms with E-state index in [1.807, 2.05) is 0 Å². The Balaban J connectivity index is 2.49. The number of phenols is 1. The van der Waals surface area contributed by atoms with E-state index < -0.39 is 0 Å². The fourth-order valence-corrected chi connectivity index (χ4v) is 1.27. The summed E-state index contributed by atoms with van der Waals surface area (Å²) in [6, 6.07) is 8.04. The summed E-state index contributed by atoms with van der Waals surface area (Å²) in [4.78, 5) is 0. The molecule has 72 valence electrons. The second-order valence-electron chi connectivity index (χ2n) is 3.07. The molecule has 4 nitrogen and oxygen atoms in total. The highest BCUT2D eigenvalue weighted by molar-refractivity contribution is 5.38. The van der Waals surface area contributed by atoms with Crippen LogP contribution in [0.2, 0.25) is 0 Å². The van der Waals surface area contributed by atoms with Crippen molar-refractivity contribution in [1.82, 2.24) is 9.78 Å². The standard InChI is InChI=1S/C10H10N2O2/c1-7-6-10(14)12(11-7)8-2-4-9(13)5-3-8/h2-6,13-14H,1H3. The Kier molecular flexibility index (Phi) is 1.89. The number of aromatic hydroxyl groups is 2. The van der Waals surface area contributed by atoms with Gasteiger partial charge in [0.05, 0.1) is 11.4 Å². The maximum Gasteiger partial charge on any atom is 0.214 e. The Morgan fingerprint density at radius 2 is 1.79 bits per heavy atom. The highest BCUT2D eigenvalue weighted by Gasteiger charge is 2.04. The molecule has 1 heterocycles. The highest BCUT2D eigenvalue weighted by Crippen LogP contribution is 2.19. The van der Waals surface area contributed by atoms with Gasteiger partial charge < -0.3 is 10.2 Å². The minimum absolute atomic E-state index is 0.0909. The third-order valence-electron chi connectivity index (χ3n) is 1.91. The van der Waals surface area contributed by atoms with Gasteiger partial charge in [-0.15, -0.1) is 0 Å². The first kappa shape index (κ1) is 8.62. The lowest BCUT2D eigenvalue weighted by Crippen LogP contribution is -1.95. The van der Waals surface area contributed by atoms with E-state index in [-0.39, 0.29) is 11.6 Å². The van der Waals surface area contributed by atoms with Gasteiger partial charge in [-0.25, -0.2) is 4.68 Å². The maximum atomic E-state index is 9.49. The quantitative estimate of drug-likeness (QED) is 0.718. The van der Waals surface area contributed by atoms with Crippen LogP contribution >= 0.6 is 0 Å². The fourth-order valence-electron chi connectivity index (χ4n) is 1.27. The zero-order chi connectivity index (χ0) is 10.1. The van der Waals surface area contributed by atoms with E-state index in [1.165, 1.54) is 4.68 Å². The van der Waals surface area contributed by atoms with Gasteiger partial charge in [-0.1, -0.05) is 0 Å². The van der Waals surface area contributed by atoms with Gasteiger partial charge in [0.25, 0.3) is 0 Å². The summed E-state index contributed by atoms with van der Waals surface area (Å²) in [6.07, 6.45) is 0. The molecule has 14 heavy (non-hydrogen) atoms. The highest BCUT2D eigenvalue weighted by atomic mass is 16.3. The third kappa shape index (κ3) is 1.42. The molecule has 2 aromatic rings. The van der Waals surface area contributed by atoms with Crippen molar-refractivity contribution >= 4 is 0 Å². The topological polar surface area (TPSA) is 58.3 Å². The normalized spacial score (nSPS) is 10.4. The van der Waals surface area contributed by atoms with Crippen molar-refractivity contribution in [2.24, 2.45) is 0 Å². The van der Waals surface area contributed by atoms with Crippen LogP contribution in [-0.4, -0.2) is 20.0 Å². The lowest BCUT2D eigenvalue weighted by atomic mass is 10.3. The molecule has 0 aliphatic carbocycles. The van der Waals surface area contributed by atoms with E-state index in [2.05, 4.69) is 5.10 Å². The summed E-state index contributed by atoms with van der Waals surface area (Å²) in [7, 11) is 0. The molecule has 0 bridgehead atoms. The molecule has 1 aromatic carbocycles. The van der Waals surface area contributed by atoms with Crippen LogP contribution in [-0.2, 0) is 0 Å². The molecule has 0 aliphatic heterocycles. The van der Waals surface area contributed by atoms with Crippen LogP contribution in [0, 0.1) is 6.92 Å². The second-order valence-corrected chi connectivity index (χ2v) is 3.07. The molecular formula is C10H10N2O2. The minimum atomic E-state index is 0.0909. The van der Waals surface area contributed by atoms with E-state index in [9.17, 15) is 5.11 Å². The third-order valence-corrected chi connectivity index (χ3v) is 1.91. The molecule has 0 spiro atoms. The van der Waals surface area contributed by atoms with E-state index >= 15 is 0 Å². The molecule has 0 unspecified atom stereocenters. The van der Waals surface area contributed by atoms with Gasteiger partial charge in [0.15, 0.2) is 0 Å². The van der Waals surface area contributed by atoms with Crippen LogP contribution in [0.25, 0.3) is 5.69 Å². The Labute approximate surface area is 81.0 Å². The molecule has 0 amide bonds. The Hall–Kier alpha value is -1.97.